The van der Waals surface area contributed by atoms with Gasteiger partial charge in [-0.05, 0) is 0 Å². The normalized spacial score (nSPS) is 11.9. The third kappa shape index (κ3) is 5.85. The lowest BCUT2D eigenvalue weighted by Crippen LogP contribution is -2.39. The topological polar surface area (TPSA) is 53.5 Å². The Morgan fingerprint density at radius 2 is 2.08 bits per heavy atom. The maximum atomic E-state index is 10.6. The number of nitrogens with zero attached hydrogens (tertiary/aromatic N) is 1. The van der Waals surface area contributed by atoms with Crippen molar-refractivity contribution in [1.29, 1.82) is 0 Å². The van der Waals surface area contributed by atoms with E-state index in [-0.39, 0.29) is 5.91 Å². The van der Waals surface area contributed by atoms with Crippen LogP contribution in [0.15, 0.2) is 4.99 Å². The lowest BCUT2D eigenvalue weighted by atomic mass is 10.4. The highest BCUT2D eigenvalue weighted by atomic mass is 16.1. The minimum atomic E-state index is -0.0823. The zero-order chi connectivity index (χ0) is 9.56. The molecule has 0 saturated heterocycles. The quantitative estimate of drug-likeness (QED) is 0.469. The number of carbonyl (C=O) groups excluding carboxylic acids is 1. The van der Waals surface area contributed by atoms with Gasteiger partial charge in [0.2, 0.25) is 5.91 Å². The molecule has 0 bridgehead atoms. The Labute approximate surface area is 73.5 Å². The molecule has 0 aromatic rings. The Bertz CT molecular complexity index is 175. The van der Waals surface area contributed by atoms with E-state index in [0.717, 1.165) is 0 Å². The molecule has 0 aromatic heterocycles. The summed E-state index contributed by atoms with van der Waals surface area (Å²) in [6, 6.07) is 0.399. The van der Waals surface area contributed by atoms with Gasteiger partial charge in [0.05, 0.1) is 6.54 Å². The van der Waals surface area contributed by atoms with Gasteiger partial charge in [-0.1, -0.05) is 13.8 Å². The number of hydrogen-bond donors (Lipinski definition) is 2. The lowest BCUT2D eigenvalue weighted by Gasteiger charge is -2.09. The van der Waals surface area contributed by atoms with Gasteiger partial charge in [0.25, 0.3) is 0 Å². The summed E-state index contributed by atoms with van der Waals surface area (Å²) < 4.78 is 0. The third-order valence-electron chi connectivity index (χ3n) is 1.27. The molecule has 0 rings (SSSR count). The Morgan fingerprint density at radius 3 is 2.42 bits per heavy atom. The molecule has 0 radical (unpaired) electrons. The average molecular weight is 171 g/mol. The maximum absolute atomic E-state index is 10.6. The van der Waals surface area contributed by atoms with Crippen LogP contribution in [0.1, 0.15) is 20.8 Å². The fraction of sp³-hybridized carbons (Fsp3) is 0.750. The molecule has 0 aliphatic carbocycles. The van der Waals surface area contributed by atoms with Crippen LogP contribution in [0.3, 0.4) is 0 Å². The SMILES string of the molecule is CN=C(CNC(C)C)NC(C)=O. The number of hydrogen-bond acceptors (Lipinski definition) is 3. The van der Waals surface area contributed by atoms with E-state index in [1.165, 1.54) is 6.92 Å². The first kappa shape index (κ1) is 11.1. The van der Waals surface area contributed by atoms with Crippen LogP contribution >= 0.6 is 0 Å². The highest BCUT2D eigenvalue weighted by molar-refractivity contribution is 5.98. The van der Waals surface area contributed by atoms with Gasteiger partial charge in [0, 0.05) is 20.0 Å². The fourth-order valence-corrected chi connectivity index (χ4v) is 0.683. The molecular weight excluding hydrogens is 154 g/mol. The first-order chi connectivity index (χ1) is 5.56. The Morgan fingerprint density at radius 1 is 1.50 bits per heavy atom. The minimum absolute atomic E-state index is 0.0823. The summed E-state index contributed by atoms with van der Waals surface area (Å²) in [5.74, 6) is 0.595. The Balaban J connectivity index is 3.78. The molecule has 0 aliphatic rings. The monoisotopic (exact) mass is 171 g/mol. The van der Waals surface area contributed by atoms with Crippen molar-refractivity contribution in [2.75, 3.05) is 13.6 Å². The molecule has 0 fully saturated rings. The van der Waals surface area contributed by atoms with Gasteiger partial charge >= 0.3 is 0 Å². The summed E-state index contributed by atoms with van der Waals surface area (Å²) in [5.41, 5.74) is 0. The number of amides is 1. The first-order valence-electron chi connectivity index (χ1n) is 4.03. The van der Waals surface area contributed by atoms with Gasteiger partial charge < -0.3 is 10.6 Å². The minimum Gasteiger partial charge on any atom is -0.314 e. The van der Waals surface area contributed by atoms with E-state index >= 15 is 0 Å². The molecule has 0 heterocycles. The number of amidine groups is 1. The van der Waals surface area contributed by atoms with E-state index in [9.17, 15) is 4.79 Å². The molecule has 0 aliphatic heterocycles. The zero-order valence-electron chi connectivity index (χ0n) is 8.14. The number of nitrogens with one attached hydrogen (secondary N) is 2. The summed E-state index contributed by atoms with van der Waals surface area (Å²) in [7, 11) is 1.66. The van der Waals surface area contributed by atoms with E-state index in [2.05, 4.69) is 15.6 Å². The average Bonchev–Trinajstić information content (AvgIpc) is 1.97. The van der Waals surface area contributed by atoms with Crippen molar-refractivity contribution in [1.82, 2.24) is 10.6 Å². The van der Waals surface area contributed by atoms with Crippen molar-refractivity contribution in [3.8, 4) is 0 Å². The lowest BCUT2D eigenvalue weighted by molar-refractivity contribution is -0.117. The van der Waals surface area contributed by atoms with Crippen LogP contribution in [-0.4, -0.2) is 31.4 Å². The predicted molar refractivity (Wildman–Crippen MR) is 50.3 cm³/mol. The maximum Gasteiger partial charge on any atom is 0.222 e. The molecular formula is C8H17N3O. The second-order valence-corrected chi connectivity index (χ2v) is 2.89. The molecule has 2 N–H and O–H groups in total. The molecule has 4 nitrogen and oxygen atoms in total. The number of carbonyl (C=O) groups is 1. The summed E-state index contributed by atoms with van der Waals surface area (Å²) in [4.78, 5) is 14.6. The summed E-state index contributed by atoms with van der Waals surface area (Å²) in [6.07, 6.45) is 0. The fourth-order valence-electron chi connectivity index (χ4n) is 0.683. The van der Waals surface area contributed by atoms with Crippen molar-refractivity contribution >= 4 is 11.7 Å². The van der Waals surface area contributed by atoms with Crippen LogP contribution in [0.25, 0.3) is 0 Å². The van der Waals surface area contributed by atoms with Crippen molar-refractivity contribution in [2.24, 2.45) is 4.99 Å². The second kappa shape index (κ2) is 5.71. The van der Waals surface area contributed by atoms with E-state index in [1.807, 2.05) is 13.8 Å². The smallest absolute Gasteiger partial charge is 0.222 e. The van der Waals surface area contributed by atoms with Gasteiger partial charge in [-0.15, -0.1) is 0 Å². The van der Waals surface area contributed by atoms with Crippen LogP contribution in [0, 0.1) is 0 Å². The molecule has 4 heteroatoms. The standard InChI is InChI=1S/C8H17N3O/c1-6(2)10-5-8(9-4)11-7(3)12/h6,10H,5H2,1-4H3,(H,9,11,12). The molecule has 12 heavy (non-hydrogen) atoms. The van der Waals surface area contributed by atoms with Crippen LogP contribution in [0.2, 0.25) is 0 Å². The number of rotatable bonds is 3. The molecule has 70 valence electrons. The summed E-state index contributed by atoms with van der Waals surface area (Å²) in [5, 5.41) is 5.79. The van der Waals surface area contributed by atoms with Crippen molar-refractivity contribution in [3.63, 3.8) is 0 Å². The van der Waals surface area contributed by atoms with Crippen molar-refractivity contribution in [2.45, 2.75) is 26.8 Å². The molecule has 0 unspecified atom stereocenters. The van der Waals surface area contributed by atoms with Crippen LogP contribution in [0.4, 0.5) is 0 Å². The summed E-state index contributed by atoms with van der Waals surface area (Å²) in [6.45, 7) is 6.16. The number of aliphatic imine (C=N–C) groups is 1. The largest absolute Gasteiger partial charge is 0.314 e. The highest BCUT2D eigenvalue weighted by Crippen LogP contribution is 1.77. The van der Waals surface area contributed by atoms with Gasteiger partial charge in [0.15, 0.2) is 0 Å². The molecule has 0 spiro atoms. The van der Waals surface area contributed by atoms with Crippen molar-refractivity contribution in [3.05, 3.63) is 0 Å². The molecule has 1 amide bonds. The van der Waals surface area contributed by atoms with Crippen LogP contribution in [-0.2, 0) is 4.79 Å². The molecule has 0 aromatic carbocycles. The van der Waals surface area contributed by atoms with Crippen LogP contribution < -0.4 is 10.6 Å². The van der Waals surface area contributed by atoms with Gasteiger partial charge in [-0.3, -0.25) is 9.79 Å². The first-order valence-corrected chi connectivity index (χ1v) is 4.03. The van der Waals surface area contributed by atoms with E-state index < -0.39 is 0 Å². The van der Waals surface area contributed by atoms with Crippen LogP contribution in [0.5, 0.6) is 0 Å². The Hall–Kier alpha value is -0.900. The zero-order valence-corrected chi connectivity index (χ0v) is 8.14. The molecule has 0 atom stereocenters. The molecule has 0 saturated carbocycles. The highest BCUT2D eigenvalue weighted by Gasteiger charge is 2.00. The van der Waals surface area contributed by atoms with Gasteiger partial charge in [-0.25, -0.2) is 0 Å². The van der Waals surface area contributed by atoms with Gasteiger partial charge in [-0.2, -0.15) is 0 Å². The Kier molecular flexibility index (Phi) is 5.28. The second-order valence-electron chi connectivity index (χ2n) is 2.89. The third-order valence-corrected chi connectivity index (χ3v) is 1.27. The van der Waals surface area contributed by atoms with Crippen molar-refractivity contribution < 1.29 is 4.79 Å². The van der Waals surface area contributed by atoms with E-state index in [0.29, 0.717) is 18.4 Å². The van der Waals surface area contributed by atoms with Gasteiger partial charge in [0.1, 0.15) is 5.84 Å². The predicted octanol–water partition coefficient (Wildman–Crippen LogP) is 0.149. The van der Waals surface area contributed by atoms with E-state index in [4.69, 9.17) is 0 Å². The summed E-state index contributed by atoms with van der Waals surface area (Å²) >= 11 is 0. The van der Waals surface area contributed by atoms with E-state index in [1.54, 1.807) is 7.05 Å².